The van der Waals surface area contributed by atoms with Crippen molar-refractivity contribution in [2.45, 2.75) is 348 Å². The first-order chi connectivity index (χ1) is 36.0. The summed E-state index contributed by atoms with van der Waals surface area (Å²) in [6.45, 7) is 6.60. The second-order valence-electron chi connectivity index (χ2n) is 21.7. The lowest BCUT2D eigenvalue weighted by molar-refractivity contribution is -0.167. The van der Waals surface area contributed by atoms with Crippen LogP contribution in [-0.2, 0) is 28.6 Å². The molecule has 0 bridgehead atoms. The molecule has 0 radical (unpaired) electrons. The van der Waals surface area contributed by atoms with Crippen molar-refractivity contribution in [3.05, 3.63) is 48.6 Å². The number of allylic oxidation sites excluding steroid dienone is 8. The summed E-state index contributed by atoms with van der Waals surface area (Å²) in [5.74, 6) is -0.879. The van der Waals surface area contributed by atoms with Gasteiger partial charge in [-0.05, 0) is 103 Å². The molecule has 1 unspecified atom stereocenters. The molecule has 73 heavy (non-hydrogen) atoms. The SMILES string of the molecule is CCCCC/C=C\CCCCCCCC(=O)OCC(COC(=O)CCCCCCCCCCCCCCCCCCCCC/C=C\C/C=C\CCCCCCC)OC(=O)CCCCCCC/C=C\CCCCC. The highest BCUT2D eigenvalue weighted by atomic mass is 16.6. The van der Waals surface area contributed by atoms with Crippen LogP contribution in [0.2, 0.25) is 0 Å². The Kier molecular flexibility index (Phi) is 59.7. The van der Waals surface area contributed by atoms with Crippen LogP contribution in [-0.4, -0.2) is 37.2 Å². The van der Waals surface area contributed by atoms with Gasteiger partial charge in [0.25, 0.3) is 0 Å². The second-order valence-corrected chi connectivity index (χ2v) is 21.7. The van der Waals surface area contributed by atoms with Gasteiger partial charge in [0.05, 0.1) is 0 Å². The largest absolute Gasteiger partial charge is 0.462 e. The highest BCUT2D eigenvalue weighted by molar-refractivity contribution is 5.71. The van der Waals surface area contributed by atoms with E-state index in [0.717, 1.165) is 83.5 Å². The van der Waals surface area contributed by atoms with Gasteiger partial charge in [-0.2, -0.15) is 0 Å². The molecule has 0 aromatic carbocycles. The normalized spacial score (nSPS) is 12.3. The minimum atomic E-state index is -0.778. The number of rotatable bonds is 59. The van der Waals surface area contributed by atoms with Crippen LogP contribution >= 0.6 is 0 Å². The van der Waals surface area contributed by atoms with Gasteiger partial charge < -0.3 is 14.2 Å². The number of carbonyl (C=O) groups is 3. The molecule has 0 fully saturated rings. The quantitative estimate of drug-likeness (QED) is 0.0261. The average molecular weight is 1020 g/mol. The van der Waals surface area contributed by atoms with Crippen molar-refractivity contribution in [3.63, 3.8) is 0 Å². The van der Waals surface area contributed by atoms with Crippen LogP contribution < -0.4 is 0 Å². The third-order valence-electron chi connectivity index (χ3n) is 14.3. The molecule has 6 nitrogen and oxygen atoms in total. The van der Waals surface area contributed by atoms with E-state index < -0.39 is 6.10 Å². The number of hydrogen-bond donors (Lipinski definition) is 0. The Bertz CT molecular complexity index is 1270. The Morgan fingerprint density at radius 2 is 0.493 bits per heavy atom. The molecular formula is C67H122O6. The van der Waals surface area contributed by atoms with Gasteiger partial charge in [0.2, 0.25) is 0 Å². The number of unbranched alkanes of at least 4 members (excludes halogenated alkanes) is 40. The van der Waals surface area contributed by atoms with E-state index in [1.807, 2.05) is 0 Å². The first kappa shape index (κ1) is 70.4. The van der Waals surface area contributed by atoms with E-state index in [2.05, 4.69) is 69.4 Å². The van der Waals surface area contributed by atoms with Crippen LogP contribution in [0, 0.1) is 0 Å². The van der Waals surface area contributed by atoms with E-state index in [1.54, 1.807) is 0 Å². The molecule has 0 aliphatic heterocycles. The maximum absolute atomic E-state index is 12.8. The van der Waals surface area contributed by atoms with E-state index in [9.17, 15) is 14.4 Å². The molecule has 426 valence electrons. The van der Waals surface area contributed by atoms with Crippen molar-refractivity contribution in [2.75, 3.05) is 13.2 Å². The van der Waals surface area contributed by atoms with Crippen LogP contribution in [0.3, 0.4) is 0 Å². The average Bonchev–Trinajstić information content (AvgIpc) is 3.39. The van der Waals surface area contributed by atoms with Gasteiger partial charge in [0.15, 0.2) is 6.10 Å². The van der Waals surface area contributed by atoms with Crippen molar-refractivity contribution < 1.29 is 28.6 Å². The first-order valence-electron chi connectivity index (χ1n) is 32.1. The predicted octanol–water partition coefficient (Wildman–Crippen LogP) is 21.8. The zero-order valence-electron chi connectivity index (χ0n) is 48.9. The monoisotopic (exact) mass is 1020 g/mol. The summed E-state index contributed by atoms with van der Waals surface area (Å²) in [6, 6.07) is 0. The van der Waals surface area contributed by atoms with Gasteiger partial charge in [0.1, 0.15) is 13.2 Å². The summed E-state index contributed by atoms with van der Waals surface area (Å²) in [7, 11) is 0. The van der Waals surface area contributed by atoms with Gasteiger partial charge >= 0.3 is 17.9 Å². The zero-order chi connectivity index (χ0) is 52.9. The standard InChI is InChI=1S/C67H122O6/c1-4-7-10-13-16-19-22-25-26-27-28-29-30-31-32-33-34-35-36-37-38-39-40-41-42-43-46-48-51-54-57-60-66(69)72-63-64(73-67(70)61-58-55-52-49-45-24-21-18-15-12-9-6-3)62-71-65(68)59-56-53-50-47-44-23-20-17-14-11-8-5-2/h17-18,20-22,25,27-28,64H,4-16,19,23-24,26,29-63H2,1-3H3/b20-17-,21-18-,25-22-,28-27-. The van der Waals surface area contributed by atoms with Crippen molar-refractivity contribution in [2.24, 2.45) is 0 Å². The third kappa shape index (κ3) is 60.1. The fourth-order valence-corrected chi connectivity index (χ4v) is 9.41. The second kappa shape index (κ2) is 61.9. The van der Waals surface area contributed by atoms with Crippen LogP contribution in [0.1, 0.15) is 342 Å². The van der Waals surface area contributed by atoms with Crippen LogP contribution in [0.15, 0.2) is 48.6 Å². The lowest BCUT2D eigenvalue weighted by Crippen LogP contribution is -2.30. The van der Waals surface area contributed by atoms with E-state index in [1.165, 1.54) is 218 Å². The van der Waals surface area contributed by atoms with Crippen LogP contribution in [0.4, 0.5) is 0 Å². The lowest BCUT2D eigenvalue weighted by Gasteiger charge is -2.18. The summed E-state index contributed by atoms with van der Waals surface area (Å²) < 4.78 is 16.9. The first-order valence-corrected chi connectivity index (χ1v) is 32.1. The molecule has 0 rings (SSSR count). The van der Waals surface area contributed by atoms with Gasteiger partial charge in [-0.1, -0.05) is 268 Å². The highest BCUT2D eigenvalue weighted by Crippen LogP contribution is 2.17. The predicted molar refractivity (Wildman–Crippen MR) is 316 cm³/mol. The minimum Gasteiger partial charge on any atom is -0.462 e. The molecule has 0 aromatic rings. The molecule has 0 N–H and O–H groups in total. The van der Waals surface area contributed by atoms with Gasteiger partial charge in [-0.3, -0.25) is 14.4 Å². The molecule has 0 heterocycles. The molecule has 0 spiro atoms. The van der Waals surface area contributed by atoms with Crippen LogP contribution in [0.25, 0.3) is 0 Å². The summed E-state index contributed by atoms with van der Waals surface area (Å²) in [6.07, 6.45) is 77.1. The Labute approximate surface area is 454 Å². The summed E-state index contributed by atoms with van der Waals surface area (Å²) in [5, 5.41) is 0. The number of hydrogen-bond acceptors (Lipinski definition) is 6. The van der Waals surface area contributed by atoms with E-state index >= 15 is 0 Å². The molecule has 0 amide bonds. The van der Waals surface area contributed by atoms with E-state index in [-0.39, 0.29) is 31.1 Å². The molecular weight excluding hydrogens is 901 g/mol. The van der Waals surface area contributed by atoms with Gasteiger partial charge in [-0.25, -0.2) is 0 Å². The van der Waals surface area contributed by atoms with Crippen molar-refractivity contribution in [1.82, 2.24) is 0 Å². The van der Waals surface area contributed by atoms with Crippen LogP contribution in [0.5, 0.6) is 0 Å². The smallest absolute Gasteiger partial charge is 0.306 e. The van der Waals surface area contributed by atoms with Crippen molar-refractivity contribution in [3.8, 4) is 0 Å². The van der Waals surface area contributed by atoms with E-state index in [0.29, 0.717) is 19.3 Å². The van der Waals surface area contributed by atoms with Crippen molar-refractivity contribution in [1.29, 1.82) is 0 Å². The molecule has 0 saturated heterocycles. The number of carbonyl (C=O) groups excluding carboxylic acids is 3. The van der Waals surface area contributed by atoms with Gasteiger partial charge in [-0.15, -0.1) is 0 Å². The van der Waals surface area contributed by atoms with Gasteiger partial charge in [0, 0.05) is 19.3 Å². The molecule has 1 atom stereocenters. The Balaban J connectivity index is 4.07. The molecule has 0 aromatic heterocycles. The maximum atomic E-state index is 12.8. The molecule has 0 aliphatic rings. The molecule has 0 saturated carbocycles. The summed E-state index contributed by atoms with van der Waals surface area (Å²) in [5.41, 5.74) is 0. The summed E-state index contributed by atoms with van der Waals surface area (Å²) >= 11 is 0. The lowest BCUT2D eigenvalue weighted by atomic mass is 10.0. The number of ether oxygens (including phenoxy) is 3. The van der Waals surface area contributed by atoms with Crippen molar-refractivity contribution >= 4 is 17.9 Å². The Morgan fingerprint density at radius 3 is 0.795 bits per heavy atom. The molecule has 6 heteroatoms. The topological polar surface area (TPSA) is 78.9 Å². The van der Waals surface area contributed by atoms with E-state index in [4.69, 9.17) is 14.2 Å². The Morgan fingerprint density at radius 1 is 0.274 bits per heavy atom. The Hall–Kier alpha value is -2.63. The minimum absolute atomic E-state index is 0.0757. The fourth-order valence-electron chi connectivity index (χ4n) is 9.41. The maximum Gasteiger partial charge on any atom is 0.306 e. The molecule has 0 aliphatic carbocycles. The fraction of sp³-hybridized carbons (Fsp3) is 0.836. The highest BCUT2D eigenvalue weighted by Gasteiger charge is 2.19. The number of esters is 3. The summed E-state index contributed by atoms with van der Waals surface area (Å²) in [4.78, 5) is 38.1. The zero-order valence-corrected chi connectivity index (χ0v) is 48.9. The third-order valence-corrected chi connectivity index (χ3v) is 14.3.